The van der Waals surface area contributed by atoms with Crippen molar-refractivity contribution >= 4 is 23.5 Å². The van der Waals surface area contributed by atoms with E-state index < -0.39 is 0 Å². The first-order valence-corrected chi connectivity index (χ1v) is 7.81. The fourth-order valence-electron chi connectivity index (χ4n) is 2.00. The van der Waals surface area contributed by atoms with Gasteiger partial charge in [-0.3, -0.25) is 0 Å². The number of rotatable bonds is 3. The molecule has 0 spiro atoms. The van der Waals surface area contributed by atoms with E-state index in [2.05, 4.69) is 34.9 Å². The zero-order valence-electron chi connectivity index (χ0n) is 9.20. The molecule has 4 heteroatoms. The van der Waals surface area contributed by atoms with E-state index in [0.29, 0.717) is 11.3 Å². The van der Waals surface area contributed by atoms with E-state index in [4.69, 9.17) is 4.74 Å². The second-order valence-electron chi connectivity index (χ2n) is 3.85. The van der Waals surface area contributed by atoms with Gasteiger partial charge in [-0.2, -0.15) is 23.5 Å². The van der Waals surface area contributed by atoms with Gasteiger partial charge >= 0.3 is 0 Å². The molecule has 2 aliphatic heterocycles. The monoisotopic (exact) mass is 245 g/mol. The van der Waals surface area contributed by atoms with Crippen LogP contribution in [0.2, 0.25) is 0 Å². The molecule has 0 saturated carbocycles. The third kappa shape index (κ3) is 3.08. The van der Waals surface area contributed by atoms with Crippen LogP contribution in [-0.4, -0.2) is 42.2 Å². The van der Waals surface area contributed by atoms with Crippen LogP contribution in [-0.2, 0) is 4.74 Å². The second kappa shape index (κ2) is 6.06. The van der Waals surface area contributed by atoms with E-state index >= 15 is 0 Å². The van der Waals surface area contributed by atoms with Crippen molar-refractivity contribution in [2.24, 2.45) is 0 Å². The fraction of sp³-hybridized carbons (Fsp3) is 0.818. The summed E-state index contributed by atoms with van der Waals surface area (Å²) < 4.78 is 5.76. The Morgan fingerprint density at radius 1 is 1.53 bits per heavy atom. The van der Waals surface area contributed by atoms with Crippen LogP contribution < -0.4 is 5.32 Å². The third-order valence-corrected chi connectivity index (χ3v) is 5.66. The molecule has 2 nitrogen and oxygen atoms in total. The largest absolute Gasteiger partial charge is 0.497 e. The quantitative estimate of drug-likeness (QED) is 0.822. The number of hydrogen-bond donors (Lipinski definition) is 1. The average molecular weight is 245 g/mol. The highest BCUT2D eigenvalue weighted by molar-refractivity contribution is 8.06. The zero-order valence-corrected chi connectivity index (χ0v) is 10.8. The van der Waals surface area contributed by atoms with Crippen LogP contribution in [0.25, 0.3) is 0 Å². The van der Waals surface area contributed by atoms with Crippen LogP contribution in [0.3, 0.4) is 0 Å². The van der Waals surface area contributed by atoms with Crippen molar-refractivity contribution in [3.05, 3.63) is 11.8 Å². The van der Waals surface area contributed by atoms with Crippen molar-refractivity contribution in [2.45, 2.75) is 24.1 Å². The van der Waals surface area contributed by atoms with Gasteiger partial charge in [0.25, 0.3) is 0 Å². The molecule has 0 amide bonds. The zero-order chi connectivity index (χ0) is 10.5. The van der Waals surface area contributed by atoms with Crippen LogP contribution in [0.15, 0.2) is 11.8 Å². The molecule has 2 heterocycles. The molecule has 1 fully saturated rings. The van der Waals surface area contributed by atoms with Crippen LogP contribution in [0.4, 0.5) is 0 Å². The van der Waals surface area contributed by atoms with Gasteiger partial charge in [0.2, 0.25) is 0 Å². The highest BCUT2D eigenvalue weighted by Crippen LogP contribution is 2.30. The molecule has 15 heavy (non-hydrogen) atoms. The van der Waals surface area contributed by atoms with Crippen LogP contribution in [0.1, 0.15) is 12.8 Å². The van der Waals surface area contributed by atoms with Gasteiger partial charge in [0.05, 0.1) is 12.6 Å². The lowest BCUT2D eigenvalue weighted by molar-refractivity contribution is 0.169. The summed E-state index contributed by atoms with van der Waals surface area (Å²) in [7, 11) is 2.04. The summed E-state index contributed by atoms with van der Waals surface area (Å²) >= 11 is 4.15. The first-order chi connectivity index (χ1) is 7.42. The standard InChI is InChI=1S/C11H19NOS2/c1-12-11(9-4-2-3-5-13-9)10-8-14-6-7-15-10/h4,10-12H,2-3,5-8H2,1H3. The molecule has 2 unspecified atom stereocenters. The molecule has 0 aromatic carbocycles. The van der Waals surface area contributed by atoms with Crippen molar-refractivity contribution in [1.82, 2.24) is 5.32 Å². The topological polar surface area (TPSA) is 21.3 Å². The van der Waals surface area contributed by atoms with Crippen molar-refractivity contribution in [3.63, 3.8) is 0 Å². The number of hydrogen-bond acceptors (Lipinski definition) is 4. The minimum absolute atomic E-state index is 0.420. The molecule has 1 saturated heterocycles. The van der Waals surface area contributed by atoms with Gasteiger partial charge in [-0.1, -0.05) is 0 Å². The molecular weight excluding hydrogens is 226 g/mol. The number of ether oxygens (including phenoxy) is 1. The van der Waals surface area contributed by atoms with E-state index in [-0.39, 0.29) is 0 Å². The maximum Gasteiger partial charge on any atom is 0.110 e. The third-order valence-electron chi connectivity index (χ3n) is 2.79. The molecule has 0 radical (unpaired) electrons. The van der Waals surface area contributed by atoms with Crippen LogP contribution in [0.5, 0.6) is 0 Å². The summed E-state index contributed by atoms with van der Waals surface area (Å²) in [4.78, 5) is 0. The summed E-state index contributed by atoms with van der Waals surface area (Å²) in [5.41, 5.74) is 0. The number of allylic oxidation sites excluding steroid dienone is 1. The lowest BCUT2D eigenvalue weighted by Gasteiger charge is -2.32. The van der Waals surface area contributed by atoms with E-state index in [9.17, 15) is 0 Å². The van der Waals surface area contributed by atoms with Gasteiger partial charge < -0.3 is 10.1 Å². The lowest BCUT2D eigenvalue weighted by atomic mass is 10.1. The predicted octanol–water partition coefficient (Wildman–Crippen LogP) is 2.12. The number of nitrogens with one attached hydrogen (secondary N) is 1. The number of likely N-dealkylation sites (N-methyl/N-ethyl adjacent to an activating group) is 1. The Labute approximate surface area is 101 Å². The molecule has 0 aliphatic carbocycles. The molecule has 0 aromatic rings. The average Bonchev–Trinajstić information content (AvgIpc) is 2.33. The lowest BCUT2D eigenvalue weighted by Crippen LogP contribution is -2.41. The molecule has 0 aromatic heterocycles. The Kier molecular flexibility index (Phi) is 4.72. The Bertz CT molecular complexity index is 227. The number of thioether (sulfide) groups is 2. The van der Waals surface area contributed by atoms with Crippen molar-refractivity contribution in [2.75, 3.05) is 30.9 Å². The maximum atomic E-state index is 5.76. The molecule has 86 valence electrons. The van der Waals surface area contributed by atoms with Crippen molar-refractivity contribution in [3.8, 4) is 0 Å². The Hall–Kier alpha value is 0.200. The summed E-state index contributed by atoms with van der Waals surface area (Å²) in [6, 6.07) is 0.420. The van der Waals surface area contributed by atoms with Gasteiger partial charge in [0, 0.05) is 22.5 Å². The Morgan fingerprint density at radius 2 is 2.47 bits per heavy atom. The van der Waals surface area contributed by atoms with Gasteiger partial charge in [-0.05, 0) is 26.0 Å². The van der Waals surface area contributed by atoms with E-state index in [1.54, 1.807) is 0 Å². The molecule has 1 N–H and O–H groups in total. The van der Waals surface area contributed by atoms with Gasteiger partial charge in [-0.15, -0.1) is 0 Å². The molecule has 2 aliphatic rings. The first-order valence-electron chi connectivity index (χ1n) is 5.61. The normalized spacial score (nSPS) is 29.1. The molecule has 0 bridgehead atoms. The van der Waals surface area contributed by atoms with E-state index in [1.807, 2.05) is 7.05 Å². The summed E-state index contributed by atoms with van der Waals surface area (Å²) in [5.74, 6) is 5.01. The predicted molar refractivity (Wildman–Crippen MR) is 69.7 cm³/mol. The van der Waals surface area contributed by atoms with Gasteiger partial charge in [0.1, 0.15) is 5.76 Å². The van der Waals surface area contributed by atoms with Gasteiger partial charge in [0.15, 0.2) is 0 Å². The first kappa shape index (κ1) is 11.7. The fourth-order valence-corrected chi connectivity index (χ4v) is 4.89. The molecule has 2 atom stereocenters. The van der Waals surface area contributed by atoms with Gasteiger partial charge in [-0.25, -0.2) is 0 Å². The van der Waals surface area contributed by atoms with Crippen molar-refractivity contribution < 1.29 is 4.74 Å². The van der Waals surface area contributed by atoms with E-state index in [0.717, 1.165) is 6.61 Å². The van der Waals surface area contributed by atoms with E-state index in [1.165, 1.54) is 35.9 Å². The summed E-state index contributed by atoms with van der Waals surface area (Å²) in [6.45, 7) is 0.897. The van der Waals surface area contributed by atoms with Crippen LogP contribution >= 0.6 is 23.5 Å². The van der Waals surface area contributed by atoms with Crippen molar-refractivity contribution in [1.29, 1.82) is 0 Å². The minimum Gasteiger partial charge on any atom is -0.497 e. The second-order valence-corrected chi connectivity index (χ2v) is 6.34. The summed E-state index contributed by atoms with van der Waals surface area (Å²) in [5, 5.41) is 4.09. The Morgan fingerprint density at radius 3 is 3.07 bits per heavy atom. The maximum absolute atomic E-state index is 5.76. The minimum atomic E-state index is 0.420. The highest BCUT2D eigenvalue weighted by Gasteiger charge is 2.28. The Balaban J connectivity index is 1.98. The SMILES string of the molecule is CNC(C1=CCCCO1)C1CSCCS1. The summed E-state index contributed by atoms with van der Waals surface area (Å²) in [6.07, 6.45) is 4.62. The smallest absolute Gasteiger partial charge is 0.110 e. The molecular formula is C11H19NOS2. The highest BCUT2D eigenvalue weighted by atomic mass is 32.2. The van der Waals surface area contributed by atoms with Crippen LogP contribution in [0, 0.1) is 0 Å². The molecule has 2 rings (SSSR count).